The number of para-hydroxylation sites is 2. The standard InChI is InChI=1S/C34H33N5O3/c1-41-32-8-3-2-5-28(32)26-11-9-25(10-12-26)22-39-23-36-20-27(39)21-37-31-15-18-42-33-29(31)6-4-7-30(33)34(40)38-19-24-13-16-35-17-14-24/h2-14,16-17,20,23,31,37H,15,18-19,21-22H2,1H3,(H,38,40). The summed E-state index contributed by atoms with van der Waals surface area (Å²) in [5.74, 6) is 1.36. The predicted octanol–water partition coefficient (Wildman–Crippen LogP) is 5.55. The number of rotatable bonds is 10. The Kier molecular flexibility index (Phi) is 8.23. The molecule has 1 aliphatic rings. The second-order valence-corrected chi connectivity index (χ2v) is 10.2. The summed E-state index contributed by atoms with van der Waals surface area (Å²) >= 11 is 0. The Bertz CT molecular complexity index is 1650. The first kappa shape index (κ1) is 27.2. The number of nitrogens with one attached hydrogen (secondary N) is 2. The molecule has 1 aliphatic heterocycles. The van der Waals surface area contributed by atoms with Gasteiger partial charge in [0, 0.05) is 61.8 Å². The number of hydrogen-bond donors (Lipinski definition) is 2. The summed E-state index contributed by atoms with van der Waals surface area (Å²) in [6, 6.07) is 26.2. The molecule has 8 heteroatoms. The van der Waals surface area contributed by atoms with Gasteiger partial charge < -0.3 is 24.7 Å². The van der Waals surface area contributed by atoms with Crippen LogP contribution in [-0.2, 0) is 19.6 Å². The van der Waals surface area contributed by atoms with E-state index in [4.69, 9.17) is 9.47 Å². The smallest absolute Gasteiger partial charge is 0.255 e. The maximum absolute atomic E-state index is 13.0. The van der Waals surface area contributed by atoms with Crippen LogP contribution in [0.1, 0.15) is 45.2 Å². The van der Waals surface area contributed by atoms with Gasteiger partial charge in [0.2, 0.25) is 0 Å². The third-order valence-electron chi connectivity index (χ3n) is 7.57. The number of hydrogen-bond acceptors (Lipinski definition) is 6. The lowest BCUT2D eigenvalue weighted by Crippen LogP contribution is -2.30. The fourth-order valence-electron chi connectivity index (χ4n) is 5.33. The van der Waals surface area contributed by atoms with E-state index in [9.17, 15) is 4.79 Å². The molecule has 0 spiro atoms. The maximum Gasteiger partial charge on any atom is 0.255 e. The molecule has 6 rings (SSSR count). The molecular weight excluding hydrogens is 526 g/mol. The van der Waals surface area contributed by atoms with Crippen molar-refractivity contribution in [2.45, 2.75) is 32.1 Å². The van der Waals surface area contributed by atoms with E-state index < -0.39 is 0 Å². The minimum Gasteiger partial charge on any atom is -0.496 e. The van der Waals surface area contributed by atoms with Gasteiger partial charge in [-0.05, 0) is 41.0 Å². The van der Waals surface area contributed by atoms with Crippen molar-refractivity contribution >= 4 is 5.91 Å². The van der Waals surface area contributed by atoms with Crippen LogP contribution in [0, 0.1) is 0 Å². The quantitative estimate of drug-likeness (QED) is 0.233. The summed E-state index contributed by atoms with van der Waals surface area (Å²) in [5.41, 5.74) is 7.01. The molecule has 0 fully saturated rings. The summed E-state index contributed by atoms with van der Waals surface area (Å²) in [6.07, 6.45) is 8.02. The van der Waals surface area contributed by atoms with E-state index in [0.717, 1.165) is 46.7 Å². The third kappa shape index (κ3) is 6.04. The number of nitrogens with zero attached hydrogens (tertiary/aromatic N) is 3. The van der Waals surface area contributed by atoms with Crippen molar-refractivity contribution in [3.63, 3.8) is 0 Å². The zero-order chi connectivity index (χ0) is 28.7. The number of fused-ring (bicyclic) bond motifs is 1. The molecule has 2 aromatic heterocycles. The molecule has 2 N–H and O–H groups in total. The number of ether oxygens (including phenoxy) is 2. The summed E-state index contributed by atoms with van der Waals surface area (Å²) in [7, 11) is 1.70. The molecule has 1 unspecified atom stereocenters. The van der Waals surface area contributed by atoms with E-state index in [1.807, 2.05) is 61.1 Å². The molecule has 1 amide bonds. The zero-order valence-electron chi connectivity index (χ0n) is 23.5. The Morgan fingerprint density at radius 1 is 0.952 bits per heavy atom. The highest BCUT2D eigenvalue weighted by molar-refractivity contribution is 5.97. The second kappa shape index (κ2) is 12.7. The fraction of sp³-hybridized carbons (Fsp3) is 0.206. The van der Waals surface area contributed by atoms with E-state index >= 15 is 0 Å². The Morgan fingerprint density at radius 2 is 1.79 bits per heavy atom. The number of methoxy groups -OCH3 is 1. The van der Waals surface area contributed by atoms with Gasteiger partial charge in [-0.3, -0.25) is 9.78 Å². The van der Waals surface area contributed by atoms with Crippen LogP contribution in [0.3, 0.4) is 0 Å². The number of amides is 1. The van der Waals surface area contributed by atoms with Crippen LogP contribution >= 0.6 is 0 Å². The first-order valence-corrected chi connectivity index (χ1v) is 14.1. The summed E-state index contributed by atoms with van der Waals surface area (Å²) in [4.78, 5) is 21.5. The molecule has 42 heavy (non-hydrogen) atoms. The summed E-state index contributed by atoms with van der Waals surface area (Å²) < 4.78 is 13.7. The topological polar surface area (TPSA) is 90.3 Å². The molecule has 0 aliphatic carbocycles. The van der Waals surface area contributed by atoms with E-state index in [2.05, 4.69) is 55.5 Å². The van der Waals surface area contributed by atoms with Gasteiger partial charge >= 0.3 is 0 Å². The van der Waals surface area contributed by atoms with Gasteiger partial charge in [0.05, 0.1) is 31.3 Å². The van der Waals surface area contributed by atoms with Crippen molar-refractivity contribution in [2.75, 3.05) is 13.7 Å². The van der Waals surface area contributed by atoms with Crippen LogP contribution in [0.25, 0.3) is 11.1 Å². The zero-order valence-corrected chi connectivity index (χ0v) is 23.5. The normalized spacial score (nSPS) is 14.1. The highest BCUT2D eigenvalue weighted by Gasteiger charge is 2.26. The SMILES string of the molecule is COc1ccccc1-c1ccc(Cn2cncc2CNC2CCOc3c(C(=O)NCc4ccncc4)cccc32)cc1. The fourth-order valence-corrected chi connectivity index (χ4v) is 5.33. The van der Waals surface area contributed by atoms with Crippen LogP contribution < -0.4 is 20.1 Å². The molecule has 0 saturated heterocycles. The summed E-state index contributed by atoms with van der Waals surface area (Å²) in [6.45, 7) is 2.33. The van der Waals surface area contributed by atoms with E-state index in [1.165, 1.54) is 5.56 Å². The van der Waals surface area contributed by atoms with Crippen molar-refractivity contribution in [3.05, 3.63) is 132 Å². The lowest BCUT2D eigenvalue weighted by molar-refractivity contribution is 0.0945. The third-order valence-corrected chi connectivity index (χ3v) is 7.57. The van der Waals surface area contributed by atoms with E-state index in [0.29, 0.717) is 31.0 Å². The van der Waals surface area contributed by atoms with Crippen molar-refractivity contribution in [1.29, 1.82) is 0 Å². The lowest BCUT2D eigenvalue weighted by atomic mass is 9.97. The lowest BCUT2D eigenvalue weighted by Gasteiger charge is -2.28. The van der Waals surface area contributed by atoms with Crippen molar-refractivity contribution in [1.82, 2.24) is 25.2 Å². The first-order valence-electron chi connectivity index (χ1n) is 14.1. The molecule has 3 heterocycles. The molecule has 8 nitrogen and oxygen atoms in total. The van der Waals surface area contributed by atoms with Gasteiger partial charge in [0.25, 0.3) is 5.91 Å². The minimum atomic E-state index is -0.154. The number of aromatic nitrogens is 3. The molecule has 0 radical (unpaired) electrons. The average Bonchev–Trinajstić information content (AvgIpc) is 3.49. The van der Waals surface area contributed by atoms with Gasteiger partial charge in [0.1, 0.15) is 11.5 Å². The van der Waals surface area contributed by atoms with Gasteiger partial charge in [-0.2, -0.15) is 0 Å². The molecule has 5 aromatic rings. The number of carbonyl (C=O) groups excluding carboxylic acids is 1. The Morgan fingerprint density at radius 3 is 2.62 bits per heavy atom. The Balaban J connectivity index is 1.11. The monoisotopic (exact) mass is 559 g/mol. The van der Waals surface area contributed by atoms with Crippen LogP contribution in [-0.4, -0.2) is 34.2 Å². The second-order valence-electron chi connectivity index (χ2n) is 10.2. The molecule has 212 valence electrons. The van der Waals surface area contributed by atoms with Crippen molar-refractivity contribution in [3.8, 4) is 22.6 Å². The van der Waals surface area contributed by atoms with Crippen LogP contribution in [0.2, 0.25) is 0 Å². The van der Waals surface area contributed by atoms with Gasteiger partial charge in [-0.15, -0.1) is 0 Å². The maximum atomic E-state index is 13.0. The van der Waals surface area contributed by atoms with Crippen molar-refractivity contribution < 1.29 is 14.3 Å². The van der Waals surface area contributed by atoms with Gasteiger partial charge in [-0.1, -0.05) is 54.6 Å². The number of imidazole rings is 1. The average molecular weight is 560 g/mol. The first-order chi connectivity index (χ1) is 20.7. The number of pyridine rings is 1. The van der Waals surface area contributed by atoms with E-state index in [-0.39, 0.29) is 11.9 Å². The Labute approximate surface area is 245 Å². The molecule has 0 bridgehead atoms. The predicted molar refractivity (Wildman–Crippen MR) is 161 cm³/mol. The van der Waals surface area contributed by atoms with E-state index in [1.54, 1.807) is 19.5 Å². The Hall–Kier alpha value is -4.95. The summed E-state index contributed by atoms with van der Waals surface area (Å²) in [5, 5.41) is 6.68. The van der Waals surface area contributed by atoms with Crippen LogP contribution in [0.4, 0.5) is 0 Å². The molecule has 0 saturated carbocycles. The molecular formula is C34H33N5O3. The van der Waals surface area contributed by atoms with Crippen molar-refractivity contribution in [2.24, 2.45) is 0 Å². The molecule has 3 aromatic carbocycles. The number of benzene rings is 3. The highest BCUT2D eigenvalue weighted by Crippen LogP contribution is 2.35. The van der Waals surface area contributed by atoms with Gasteiger partial charge in [0.15, 0.2) is 0 Å². The van der Waals surface area contributed by atoms with Crippen LogP contribution in [0.5, 0.6) is 11.5 Å². The minimum absolute atomic E-state index is 0.0604. The number of carbonyl (C=O) groups is 1. The highest BCUT2D eigenvalue weighted by atomic mass is 16.5. The van der Waals surface area contributed by atoms with Gasteiger partial charge in [-0.25, -0.2) is 4.98 Å². The van der Waals surface area contributed by atoms with Crippen LogP contribution in [0.15, 0.2) is 104 Å². The largest absolute Gasteiger partial charge is 0.496 e. The molecule has 1 atom stereocenters.